The molecule has 0 radical (unpaired) electrons. The van der Waals surface area contributed by atoms with E-state index in [1.54, 1.807) is 0 Å². The Kier molecular flexibility index (Phi) is 2.84. The van der Waals surface area contributed by atoms with E-state index in [0.717, 1.165) is 0 Å². The van der Waals surface area contributed by atoms with Crippen LogP contribution in [0, 0.1) is 0 Å². The lowest BCUT2D eigenvalue weighted by Crippen LogP contribution is -2.11. The Hall–Kier alpha value is 0.0500. The van der Waals surface area contributed by atoms with Crippen molar-refractivity contribution in [2.75, 3.05) is 0 Å². The highest BCUT2D eigenvalue weighted by Gasteiger charge is 2.30. The quantitative estimate of drug-likeness (QED) is 0.435. The van der Waals surface area contributed by atoms with Crippen molar-refractivity contribution < 1.29 is 0 Å². The van der Waals surface area contributed by atoms with E-state index in [0.29, 0.717) is 10.8 Å². The fraction of sp³-hybridized carbons (Fsp3) is 0.727. The van der Waals surface area contributed by atoms with Crippen LogP contribution in [0.1, 0.15) is 51.3 Å². The van der Waals surface area contributed by atoms with Gasteiger partial charge in [0.15, 0.2) is 10.3 Å². The third-order valence-corrected chi connectivity index (χ3v) is 5.19. The lowest BCUT2D eigenvalue weighted by atomic mass is 9.90. The zero-order valence-electron chi connectivity index (χ0n) is 9.39. The highest BCUT2D eigenvalue weighted by atomic mass is 32.9. The molecule has 0 aromatic carbocycles. The van der Waals surface area contributed by atoms with Gasteiger partial charge in [-0.3, -0.25) is 0 Å². The minimum absolute atomic E-state index is 0.310. The van der Waals surface area contributed by atoms with E-state index in [9.17, 15) is 0 Å². The van der Waals surface area contributed by atoms with Crippen LogP contribution < -0.4 is 0 Å². The molecule has 74 valence electrons. The summed E-state index contributed by atoms with van der Waals surface area (Å²) in [6.45, 7) is 13.7. The smallest absolute Gasteiger partial charge is 0.0551 e. The second-order valence-corrected chi connectivity index (χ2v) is 7.75. The maximum Gasteiger partial charge on any atom is 0.295 e. The lowest BCUT2D eigenvalue weighted by molar-refractivity contribution is 0.587. The molecule has 0 nitrogen and oxygen atoms in total. The Morgan fingerprint density at radius 3 is 1.77 bits per heavy atom. The van der Waals surface area contributed by atoms with Crippen LogP contribution in [0.15, 0.2) is 6.07 Å². The molecule has 0 aliphatic carbocycles. The van der Waals surface area contributed by atoms with Crippen molar-refractivity contribution in [2.24, 2.45) is 0 Å². The second-order valence-electron chi connectivity index (χ2n) is 5.54. The van der Waals surface area contributed by atoms with Gasteiger partial charge in [0.1, 0.15) is 0 Å². The molecule has 0 fully saturated rings. The molecule has 0 N–H and O–H groups in total. The molecule has 0 aliphatic heterocycles. The predicted octanol–water partition coefficient (Wildman–Crippen LogP) is 4.69. The average Bonchev–Trinajstić information content (AvgIpc) is 2.28. The van der Waals surface area contributed by atoms with Crippen LogP contribution in [-0.4, -0.2) is 0 Å². The number of hydrogen-bond acceptors (Lipinski definition) is 1. The minimum atomic E-state index is 0.310. The Morgan fingerprint density at radius 2 is 1.54 bits per heavy atom. The molecule has 13 heavy (non-hydrogen) atoms. The Morgan fingerprint density at radius 1 is 1.00 bits per heavy atom. The van der Waals surface area contributed by atoms with Gasteiger partial charge in [-0.2, -0.15) is 0 Å². The molecule has 2 heteroatoms. The summed E-state index contributed by atoms with van der Waals surface area (Å²) in [7, 11) is 3.85. The Bertz CT molecular complexity index is 255. The predicted molar refractivity (Wildman–Crippen MR) is 64.0 cm³/mol. The third-order valence-electron chi connectivity index (χ3n) is 1.96. The molecule has 0 spiro atoms. The Balaban J connectivity index is 3.01. The van der Waals surface area contributed by atoms with Gasteiger partial charge >= 0.3 is 0 Å². The van der Waals surface area contributed by atoms with Crippen LogP contribution in [0.5, 0.6) is 0 Å². The fourth-order valence-electron chi connectivity index (χ4n) is 0.940. The summed E-state index contributed by atoms with van der Waals surface area (Å²) in [4.78, 5) is 3.00. The van der Waals surface area contributed by atoms with E-state index in [-0.39, 0.29) is 0 Å². The van der Waals surface area contributed by atoms with Gasteiger partial charge in [-0.25, -0.2) is 0 Å². The number of hydrogen-bond donors (Lipinski definition) is 0. The largest absolute Gasteiger partial charge is 0.295 e. The van der Waals surface area contributed by atoms with Crippen molar-refractivity contribution in [3.05, 3.63) is 15.8 Å². The van der Waals surface area contributed by atoms with Crippen molar-refractivity contribution in [3.63, 3.8) is 0 Å². The van der Waals surface area contributed by atoms with Crippen LogP contribution in [0.3, 0.4) is 0 Å². The molecular formula is C11H19S2+. The summed E-state index contributed by atoms with van der Waals surface area (Å²) in [5.41, 5.74) is 0.620. The first-order chi connectivity index (χ1) is 5.71. The van der Waals surface area contributed by atoms with Gasteiger partial charge in [-0.15, -0.1) is 0 Å². The molecule has 0 atom stereocenters. The molecule has 1 rings (SSSR count). The highest BCUT2D eigenvalue weighted by molar-refractivity contribution is 7.69. The molecule has 0 saturated heterocycles. The summed E-state index contributed by atoms with van der Waals surface area (Å²) in [6.07, 6.45) is 0. The van der Waals surface area contributed by atoms with Gasteiger partial charge in [-0.05, 0) is 0 Å². The molecule has 0 bridgehead atoms. The number of rotatable bonds is 0. The van der Waals surface area contributed by atoms with Crippen LogP contribution in [-0.2, 0) is 10.8 Å². The topological polar surface area (TPSA) is 0 Å². The molecular weight excluding hydrogens is 196 g/mol. The SMILES string of the molecule is CC(C)(C)c1cc(C(C)(C)C)[s+]s1. The van der Waals surface area contributed by atoms with Crippen molar-refractivity contribution in [2.45, 2.75) is 52.4 Å². The van der Waals surface area contributed by atoms with Gasteiger partial charge in [0.05, 0.1) is 4.88 Å². The second kappa shape index (κ2) is 3.32. The van der Waals surface area contributed by atoms with Crippen molar-refractivity contribution >= 4 is 20.7 Å². The van der Waals surface area contributed by atoms with E-state index in [1.165, 1.54) is 9.75 Å². The Labute approximate surface area is 89.0 Å². The molecule has 0 unspecified atom stereocenters. The van der Waals surface area contributed by atoms with Crippen molar-refractivity contribution in [3.8, 4) is 0 Å². The van der Waals surface area contributed by atoms with Crippen LogP contribution in [0.2, 0.25) is 0 Å². The summed E-state index contributed by atoms with van der Waals surface area (Å²) in [5, 5.41) is 0. The molecule has 1 heterocycles. The first kappa shape index (κ1) is 11.1. The maximum atomic E-state index is 2.37. The van der Waals surface area contributed by atoms with E-state index in [2.05, 4.69) is 47.6 Å². The summed E-state index contributed by atoms with van der Waals surface area (Å²) in [6, 6.07) is 2.37. The van der Waals surface area contributed by atoms with Gasteiger partial charge < -0.3 is 0 Å². The fourth-order valence-corrected chi connectivity index (χ4v) is 4.35. The van der Waals surface area contributed by atoms with Crippen molar-refractivity contribution in [1.82, 2.24) is 0 Å². The van der Waals surface area contributed by atoms with Crippen LogP contribution >= 0.6 is 20.7 Å². The highest BCUT2D eigenvalue weighted by Crippen LogP contribution is 2.37. The minimum Gasteiger partial charge on any atom is -0.0551 e. The van der Waals surface area contributed by atoms with Gasteiger partial charge in [0.2, 0.25) is 4.88 Å². The average molecular weight is 215 g/mol. The summed E-state index contributed by atoms with van der Waals surface area (Å²) >= 11 is 0. The first-order valence-corrected chi connectivity index (χ1v) is 6.80. The summed E-state index contributed by atoms with van der Waals surface area (Å²) in [5.74, 6) is 0. The van der Waals surface area contributed by atoms with Gasteiger partial charge in [-0.1, -0.05) is 41.5 Å². The standard InChI is InChI=1S/C11H19S2/c1-10(2,3)8-7-9(13-12-8)11(4,5)6/h7H,1-6H3/q+1. The summed E-state index contributed by atoms with van der Waals surface area (Å²) < 4.78 is 0. The monoisotopic (exact) mass is 215 g/mol. The first-order valence-electron chi connectivity index (χ1n) is 4.65. The molecule has 0 saturated carbocycles. The van der Waals surface area contributed by atoms with Gasteiger partial charge in [0.25, 0.3) is 10.3 Å². The zero-order chi connectivity index (χ0) is 10.3. The van der Waals surface area contributed by atoms with Gasteiger partial charge in [0, 0.05) is 16.9 Å². The molecule has 0 aliphatic rings. The van der Waals surface area contributed by atoms with E-state index in [1.807, 2.05) is 20.7 Å². The molecule has 1 aromatic heterocycles. The molecule has 0 amide bonds. The normalized spacial score (nSPS) is 13.4. The molecule has 1 aromatic rings. The van der Waals surface area contributed by atoms with E-state index < -0.39 is 0 Å². The van der Waals surface area contributed by atoms with E-state index in [4.69, 9.17) is 0 Å². The van der Waals surface area contributed by atoms with Crippen LogP contribution in [0.4, 0.5) is 0 Å². The van der Waals surface area contributed by atoms with E-state index >= 15 is 0 Å². The van der Waals surface area contributed by atoms with Crippen molar-refractivity contribution in [1.29, 1.82) is 0 Å². The third kappa shape index (κ3) is 2.75. The lowest BCUT2D eigenvalue weighted by Gasteiger charge is -2.13. The van der Waals surface area contributed by atoms with Crippen LogP contribution in [0.25, 0.3) is 0 Å². The maximum absolute atomic E-state index is 2.37. The zero-order valence-corrected chi connectivity index (χ0v) is 11.0.